The highest BCUT2D eigenvalue weighted by molar-refractivity contribution is 5.19. The maximum absolute atomic E-state index is 13.7. The summed E-state index contributed by atoms with van der Waals surface area (Å²) in [6.07, 6.45) is 0.983. The van der Waals surface area contributed by atoms with Crippen LogP contribution in [0.1, 0.15) is 25.8 Å². The fraction of sp³-hybridized carbons (Fsp3) is 0.571. The predicted molar refractivity (Wildman–Crippen MR) is 68.3 cm³/mol. The Balaban J connectivity index is 2.18. The van der Waals surface area contributed by atoms with Crippen molar-refractivity contribution in [1.82, 2.24) is 10.2 Å². The zero-order valence-electron chi connectivity index (χ0n) is 11.0. The Kier molecular flexibility index (Phi) is 3.97. The number of halogens is 2. The van der Waals surface area contributed by atoms with E-state index in [1.165, 1.54) is 12.1 Å². The Labute approximate surface area is 107 Å². The summed E-state index contributed by atoms with van der Waals surface area (Å²) in [5.74, 6) is -0.701. The van der Waals surface area contributed by atoms with Gasteiger partial charge >= 0.3 is 0 Å². The number of piperazine rings is 1. The van der Waals surface area contributed by atoms with Crippen LogP contribution < -0.4 is 5.32 Å². The van der Waals surface area contributed by atoms with E-state index in [1.807, 2.05) is 0 Å². The lowest BCUT2D eigenvalue weighted by Gasteiger charge is -2.45. The third-order valence-electron chi connectivity index (χ3n) is 3.96. The van der Waals surface area contributed by atoms with Gasteiger partial charge in [0.2, 0.25) is 0 Å². The van der Waals surface area contributed by atoms with Crippen molar-refractivity contribution in [2.24, 2.45) is 0 Å². The van der Waals surface area contributed by atoms with Crippen molar-refractivity contribution < 1.29 is 8.78 Å². The van der Waals surface area contributed by atoms with E-state index in [2.05, 4.69) is 24.1 Å². The van der Waals surface area contributed by atoms with Crippen molar-refractivity contribution in [3.05, 3.63) is 35.4 Å². The minimum atomic E-state index is -0.375. The van der Waals surface area contributed by atoms with E-state index in [4.69, 9.17) is 0 Å². The fourth-order valence-corrected chi connectivity index (χ4v) is 2.44. The number of benzene rings is 1. The van der Waals surface area contributed by atoms with E-state index < -0.39 is 0 Å². The van der Waals surface area contributed by atoms with Gasteiger partial charge in [-0.1, -0.05) is 6.92 Å². The summed E-state index contributed by atoms with van der Waals surface area (Å²) in [5.41, 5.74) is 0.452. The first-order valence-electron chi connectivity index (χ1n) is 6.45. The number of hydrogen-bond donors (Lipinski definition) is 1. The molecular formula is C14H20F2N2. The number of nitrogens with zero attached hydrogens (tertiary/aromatic N) is 1. The standard InChI is InChI=1S/C14H20F2N2/c1-3-14(2)10-17-6-7-18(14)9-11-8-12(15)4-5-13(11)16/h4-5,8,17H,3,6-7,9-10H2,1-2H3. The largest absolute Gasteiger partial charge is 0.314 e. The third-order valence-corrected chi connectivity index (χ3v) is 3.96. The Hall–Kier alpha value is -1.00. The molecule has 0 bridgehead atoms. The van der Waals surface area contributed by atoms with Gasteiger partial charge in [0.25, 0.3) is 0 Å². The van der Waals surface area contributed by atoms with Crippen molar-refractivity contribution in [1.29, 1.82) is 0 Å². The van der Waals surface area contributed by atoms with Gasteiger partial charge in [-0.25, -0.2) is 8.78 Å². The van der Waals surface area contributed by atoms with E-state index in [-0.39, 0.29) is 17.2 Å². The molecule has 1 aliphatic heterocycles. The van der Waals surface area contributed by atoms with Crippen LogP contribution in [-0.2, 0) is 6.54 Å². The van der Waals surface area contributed by atoms with Gasteiger partial charge in [0.15, 0.2) is 0 Å². The van der Waals surface area contributed by atoms with Crippen LogP contribution >= 0.6 is 0 Å². The average Bonchev–Trinajstić information content (AvgIpc) is 2.36. The molecule has 1 fully saturated rings. The number of nitrogens with one attached hydrogen (secondary N) is 1. The normalized spacial score (nSPS) is 25.3. The van der Waals surface area contributed by atoms with Gasteiger partial charge in [-0.15, -0.1) is 0 Å². The second-order valence-electron chi connectivity index (χ2n) is 5.18. The Morgan fingerprint density at radius 1 is 1.39 bits per heavy atom. The molecule has 100 valence electrons. The van der Waals surface area contributed by atoms with Crippen LogP contribution in [0.5, 0.6) is 0 Å². The molecule has 1 aromatic carbocycles. The molecular weight excluding hydrogens is 234 g/mol. The second kappa shape index (κ2) is 5.33. The molecule has 1 atom stereocenters. The molecule has 1 N–H and O–H groups in total. The van der Waals surface area contributed by atoms with Gasteiger partial charge in [-0.3, -0.25) is 4.90 Å². The number of hydrogen-bond acceptors (Lipinski definition) is 2. The lowest BCUT2D eigenvalue weighted by atomic mass is 9.93. The van der Waals surface area contributed by atoms with E-state index in [1.54, 1.807) is 0 Å². The Bertz CT molecular complexity index is 422. The molecule has 1 aliphatic rings. The van der Waals surface area contributed by atoms with E-state index >= 15 is 0 Å². The van der Waals surface area contributed by atoms with Crippen LogP contribution in [0.2, 0.25) is 0 Å². The third kappa shape index (κ3) is 2.70. The van der Waals surface area contributed by atoms with Crippen LogP contribution in [0.15, 0.2) is 18.2 Å². The van der Waals surface area contributed by atoms with E-state index in [0.717, 1.165) is 32.1 Å². The molecule has 18 heavy (non-hydrogen) atoms. The van der Waals surface area contributed by atoms with Crippen LogP contribution in [0.4, 0.5) is 8.78 Å². The van der Waals surface area contributed by atoms with Crippen molar-refractivity contribution in [2.75, 3.05) is 19.6 Å². The summed E-state index contributed by atoms with van der Waals surface area (Å²) in [5, 5.41) is 3.36. The maximum Gasteiger partial charge on any atom is 0.127 e. The zero-order valence-corrected chi connectivity index (χ0v) is 11.0. The van der Waals surface area contributed by atoms with Gasteiger partial charge in [0.1, 0.15) is 11.6 Å². The highest BCUT2D eigenvalue weighted by Gasteiger charge is 2.32. The van der Waals surface area contributed by atoms with Crippen LogP contribution in [0, 0.1) is 11.6 Å². The summed E-state index contributed by atoms with van der Waals surface area (Å²) in [6.45, 7) is 7.40. The van der Waals surface area contributed by atoms with Gasteiger partial charge in [0, 0.05) is 37.3 Å². The van der Waals surface area contributed by atoms with Crippen molar-refractivity contribution >= 4 is 0 Å². The molecule has 0 aliphatic carbocycles. The summed E-state index contributed by atoms with van der Waals surface area (Å²) in [7, 11) is 0. The topological polar surface area (TPSA) is 15.3 Å². The lowest BCUT2D eigenvalue weighted by molar-refractivity contribution is 0.0626. The molecule has 0 spiro atoms. The zero-order chi connectivity index (χ0) is 13.2. The molecule has 0 radical (unpaired) electrons. The molecule has 2 nitrogen and oxygen atoms in total. The van der Waals surface area contributed by atoms with Crippen molar-refractivity contribution in [3.63, 3.8) is 0 Å². The Morgan fingerprint density at radius 2 is 2.17 bits per heavy atom. The van der Waals surface area contributed by atoms with Gasteiger partial charge < -0.3 is 5.32 Å². The molecule has 1 aromatic rings. The first kappa shape index (κ1) is 13.4. The molecule has 0 aromatic heterocycles. The van der Waals surface area contributed by atoms with E-state index in [0.29, 0.717) is 12.1 Å². The first-order valence-corrected chi connectivity index (χ1v) is 6.45. The summed E-state index contributed by atoms with van der Waals surface area (Å²) >= 11 is 0. The average molecular weight is 254 g/mol. The van der Waals surface area contributed by atoms with Gasteiger partial charge in [-0.05, 0) is 31.5 Å². The van der Waals surface area contributed by atoms with Crippen molar-refractivity contribution in [3.8, 4) is 0 Å². The van der Waals surface area contributed by atoms with E-state index in [9.17, 15) is 8.78 Å². The molecule has 1 unspecified atom stereocenters. The monoisotopic (exact) mass is 254 g/mol. The van der Waals surface area contributed by atoms with Crippen molar-refractivity contribution in [2.45, 2.75) is 32.4 Å². The molecule has 2 rings (SSSR count). The maximum atomic E-state index is 13.7. The minimum Gasteiger partial charge on any atom is -0.314 e. The van der Waals surface area contributed by atoms with Gasteiger partial charge in [0.05, 0.1) is 0 Å². The van der Waals surface area contributed by atoms with Gasteiger partial charge in [-0.2, -0.15) is 0 Å². The molecule has 4 heteroatoms. The number of rotatable bonds is 3. The fourth-order valence-electron chi connectivity index (χ4n) is 2.44. The molecule has 1 saturated heterocycles. The second-order valence-corrected chi connectivity index (χ2v) is 5.18. The quantitative estimate of drug-likeness (QED) is 0.891. The van der Waals surface area contributed by atoms with Crippen LogP contribution in [-0.4, -0.2) is 30.1 Å². The smallest absolute Gasteiger partial charge is 0.127 e. The predicted octanol–water partition coefficient (Wildman–Crippen LogP) is 2.54. The highest BCUT2D eigenvalue weighted by Crippen LogP contribution is 2.24. The summed E-state index contributed by atoms with van der Waals surface area (Å²) in [4.78, 5) is 2.24. The Morgan fingerprint density at radius 3 is 2.89 bits per heavy atom. The summed E-state index contributed by atoms with van der Waals surface area (Å²) in [6, 6.07) is 3.67. The molecule has 0 amide bonds. The van der Waals surface area contributed by atoms with Crippen LogP contribution in [0.25, 0.3) is 0 Å². The minimum absolute atomic E-state index is 0.0109. The van der Waals surface area contributed by atoms with Crippen LogP contribution in [0.3, 0.4) is 0 Å². The highest BCUT2D eigenvalue weighted by atomic mass is 19.1. The first-order chi connectivity index (χ1) is 8.55. The lowest BCUT2D eigenvalue weighted by Crippen LogP contribution is -2.58. The molecule has 1 heterocycles. The SMILES string of the molecule is CCC1(C)CNCCN1Cc1cc(F)ccc1F. The molecule has 0 saturated carbocycles. The summed E-state index contributed by atoms with van der Waals surface area (Å²) < 4.78 is 26.8.